The number of benzene rings is 1. The van der Waals surface area contributed by atoms with Crippen molar-refractivity contribution in [3.05, 3.63) is 65.0 Å². The summed E-state index contributed by atoms with van der Waals surface area (Å²) in [6.45, 7) is 6.10. The molecule has 1 unspecified atom stereocenters. The van der Waals surface area contributed by atoms with Crippen LogP contribution in [0.1, 0.15) is 49.4 Å². The largest absolute Gasteiger partial charge is 0.258 e. The molecule has 0 radical (unpaired) electrons. The van der Waals surface area contributed by atoms with Gasteiger partial charge in [-0.15, -0.1) is 0 Å². The third-order valence-corrected chi connectivity index (χ3v) is 3.44. The number of hydrogen-bond acceptors (Lipinski definition) is 1. The lowest BCUT2D eigenvalue weighted by Crippen LogP contribution is -2.03. The minimum absolute atomic E-state index is 0.123. The van der Waals surface area contributed by atoms with Crippen LogP contribution < -0.4 is 0 Å². The predicted molar refractivity (Wildman–Crippen MR) is 76.8 cm³/mol. The number of pyridine rings is 1. The monoisotopic (exact) mass is 275 g/mol. The minimum Gasteiger partial charge on any atom is -0.258 e. The molecule has 106 valence electrons. The lowest BCUT2D eigenvalue weighted by Gasteiger charge is -2.13. The summed E-state index contributed by atoms with van der Waals surface area (Å²) in [4.78, 5) is 4.09. The maximum absolute atomic E-state index is 13.6. The van der Waals surface area contributed by atoms with E-state index >= 15 is 0 Å². The number of halogens is 2. The molecule has 1 nitrogen and oxygen atoms in total. The zero-order valence-electron chi connectivity index (χ0n) is 12.0. The van der Waals surface area contributed by atoms with Crippen LogP contribution in [0.3, 0.4) is 0 Å². The van der Waals surface area contributed by atoms with Crippen LogP contribution in [0.5, 0.6) is 0 Å². The van der Waals surface area contributed by atoms with E-state index in [1.807, 2.05) is 26.8 Å². The fourth-order valence-electron chi connectivity index (χ4n) is 2.26. The van der Waals surface area contributed by atoms with Crippen molar-refractivity contribution in [1.82, 2.24) is 4.98 Å². The lowest BCUT2D eigenvalue weighted by atomic mass is 9.94. The molecule has 0 fully saturated rings. The van der Waals surface area contributed by atoms with Crippen molar-refractivity contribution in [3.8, 4) is 0 Å². The molecule has 0 saturated carbocycles. The van der Waals surface area contributed by atoms with E-state index in [9.17, 15) is 8.78 Å². The van der Waals surface area contributed by atoms with Gasteiger partial charge in [0.15, 0.2) is 0 Å². The SMILES string of the molecule is CC(C)c1cc(F)cc(CC(C)c2ccc(F)cn2)c1. The molecule has 0 aliphatic rings. The topological polar surface area (TPSA) is 12.9 Å². The Kier molecular flexibility index (Phi) is 4.48. The number of aromatic nitrogens is 1. The van der Waals surface area contributed by atoms with Gasteiger partial charge in [-0.1, -0.05) is 26.8 Å². The number of hydrogen-bond donors (Lipinski definition) is 0. The summed E-state index contributed by atoms with van der Waals surface area (Å²) in [7, 11) is 0. The number of nitrogens with zero attached hydrogens (tertiary/aromatic N) is 1. The van der Waals surface area contributed by atoms with Gasteiger partial charge in [-0.25, -0.2) is 8.78 Å². The average molecular weight is 275 g/mol. The molecule has 20 heavy (non-hydrogen) atoms. The van der Waals surface area contributed by atoms with Crippen molar-refractivity contribution in [2.24, 2.45) is 0 Å². The van der Waals surface area contributed by atoms with Crippen molar-refractivity contribution in [3.63, 3.8) is 0 Å². The van der Waals surface area contributed by atoms with Gasteiger partial charge in [-0.05, 0) is 47.7 Å². The van der Waals surface area contributed by atoms with Crippen LogP contribution in [-0.2, 0) is 6.42 Å². The van der Waals surface area contributed by atoms with Crippen LogP contribution in [0.4, 0.5) is 8.78 Å². The van der Waals surface area contributed by atoms with Gasteiger partial charge in [0.05, 0.1) is 6.20 Å². The quantitative estimate of drug-likeness (QED) is 0.778. The molecular formula is C17H19F2N. The first-order valence-electron chi connectivity index (χ1n) is 6.86. The summed E-state index contributed by atoms with van der Waals surface area (Å²) in [6.07, 6.45) is 1.91. The Morgan fingerprint density at radius 3 is 2.35 bits per heavy atom. The highest BCUT2D eigenvalue weighted by Gasteiger charge is 2.11. The molecule has 0 aliphatic heterocycles. The van der Waals surface area contributed by atoms with E-state index in [4.69, 9.17) is 0 Å². The van der Waals surface area contributed by atoms with Gasteiger partial charge in [-0.3, -0.25) is 4.98 Å². The van der Waals surface area contributed by atoms with Crippen LogP contribution in [-0.4, -0.2) is 4.98 Å². The molecule has 1 heterocycles. The highest BCUT2D eigenvalue weighted by molar-refractivity contribution is 5.28. The van der Waals surface area contributed by atoms with Crippen molar-refractivity contribution < 1.29 is 8.78 Å². The van der Waals surface area contributed by atoms with Crippen molar-refractivity contribution in [2.75, 3.05) is 0 Å². The Morgan fingerprint density at radius 2 is 1.75 bits per heavy atom. The van der Waals surface area contributed by atoms with E-state index < -0.39 is 0 Å². The molecule has 0 spiro atoms. The average Bonchev–Trinajstić information content (AvgIpc) is 2.38. The van der Waals surface area contributed by atoms with Crippen LogP contribution in [0, 0.1) is 11.6 Å². The van der Waals surface area contributed by atoms with E-state index in [2.05, 4.69) is 4.98 Å². The summed E-state index contributed by atoms with van der Waals surface area (Å²) in [6, 6.07) is 8.27. The molecule has 0 amide bonds. The Balaban J connectivity index is 2.18. The van der Waals surface area contributed by atoms with Crippen molar-refractivity contribution >= 4 is 0 Å². The van der Waals surface area contributed by atoms with E-state index in [0.29, 0.717) is 12.3 Å². The van der Waals surface area contributed by atoms with Crippen molar-refractivity contribution in [2.45, 2.75) is 39.0 Å². The first-order valence-corrected chi connectivity index (χ1v) is 6.86. The highest BCUT2D eigenvalue weighted by Crippen LogP contribution is 2.23. The Bertz CT molecular complexity index is 576. The van der Waals surface area contributed by atoms with E-state index in [1.165, 1.54) is 12.3 Å². The van der Waals surface area contributed by atoms with Gasteiger partial charge in [0.1, 0.15) is 11.6 Å². The van der Waals surface area contributed by atoms with Gasteiger partial charge < -0.3 is 0 Å². The van der Waals surface area contributed by atoms with Crippen LogP contribution in [0.2, 0.25) is 0 Å². The van der Waals surface area contributed by atoms with Gasteiger partial charge in [0.25, 0.3) is 0 Å². The summed E-state index contributed by atoms with van der Waals surface area (Å²) in [5.41, 5.74) is 2.77. The van der Waals surface area contributed by atoms with Crippen LogP contribution in [0.15, 0.2) is 36.5 Å². The summed E-state index contributed by atoms with van der Waals surface area (Å²) in [5, 5.41) is 0. The Labute approximate surface area is 118 Å². The molecule has 0 aliphatic carbocycles. The van der Waals surface area contributed by atoms with E-state index in [1.54, 1.807) is 18.2 Å². The Morgan fingerprint density at radius 1 is 1.00 bits per heavy atom. The second kappa shape index (κ2) is 6.12. The first kappa shape index (κ1) is 14.6. The summed E-state index contributed by atoms with van der Waals surface area (Å²) < 4.78 is 26.5. The molecule has 1 aromatic heterocycles. The molecule has 2 aromatic rings. The zero-order chi connectivity index (χ0) is 14.7. The fourth-order valence-corrected chi connectivity index (χ4v) is 2.26. The van der Waals surface area contributed by atoms with Crippen LogP contribution in [0.25, 0.3) is 0 Å². The highest BCUT2D eigenvalue weighted by atomic mass is 19.1. The third kappa shape index (κ3) is 3.62. The van der Waals surface area contributed by atoms with Gasteiger partial charge >= 0.3 is 0 Å². The predicted octanol–water partition coefficient (Wildman–Crippen LogP) is 4.83. The first-order chi connectivity index (χ1) is 9.45. The third-order valence-electron chi connectivity index (χ3n) is 3.44. The molecular weight excluding hydrogens is 256 g/mol. The normalized spacial score (nSPS) is 12.7. The minimum atomic E-state index is -0.339. The lowest BCUT2D eigenvalue weighted by molar-refractivity contribution is 0.611. The Hall–Kier alpha value is -1.77. The molecule has 0 bridgehead atoms. The van der Waals surface area contributed by atoms with Crippen LogP contribution >= 0.6 is 0 Å². The number of rotatable bonds is 4. The molecule has 0 saturated heterocycles. The smallest absolute Gasteiger partial charge is 0.141 e. The van der Waals surface area contributed by atoms with Crippen molar-refractivity contribution in [1.29, 1.82) is 0 Å². The van der Waals surface area contributed by atoms with Gasteiger partial charge in [0, 0.05) is 11.6 Å². The van der Waals surface area contributed by atoms with Gasteiger partial charge in [0.2, 0.25) is 0 Å². The standard InChI is InChI=1S/C17H19F2N/c1-11(2)14-7-13(8-16(19)9-14)6-12(3)17-5-4-15(18)10-20-17/h4-5,7-12H,6H2,1-3H3. The molecule has 2 rings (SSSR count). The molecule has 1 aromatic carbocycles. The van der Waals surface area contributed by atoms with Gasteiger partial charge in [-0.2, -0.15) is 0 Å². The van der Waals surface area contributed by atoms with E-state index in [-0.39, 0.29) is 17.6 Å². The summed E-state index contributed by atoms with van der Waals surface area (Å²) in [5.74, 6) is -0.125. The molecule has 3 heteroatoms. The fraction of sp³-hybridized carbons (Fsp3) is 0.353. The second-order valence-corrected chi connectivity index (χ2v) is 5.55. The zero-order valence-corrected chi connectivity index (χ0v) is 12.0. The molecule has 1 atom stereocenters. The second-order valence-electron chi connectivity index (χ2n) is 5.55. The summed E-state index contributed by atoms with van der Waals surface area (Å²) >= 11 is 0. The molecule has 0 N–H and O–H groups in total. The maximum Gasteiger partial charge on any atom is 0.141 e. The van der Waals surface area contributed by atoms with E-state index in [0.717, 1.165) is 16.8 Å². The maximum atomic E-state index is 13.6.